The molecule has 0 saturated carbocycles. The molecule has 0 aromatic heterocycles. The molecule has 0 saturated heterocycles. The Morgan fingerprint density at radius 2 is 2.00 bits per heavy atom. The topological polar surface area (TPSA) is 32.3 Å². The molecule has 1 aliphatic carbocycles. The molecule has 1 aliphatic rings. The fourth-order valence-electron chi connectivity index (χ4n) is 3.40. The minimum absolute atomic E-state index is 0.0543. The summed E-state index contributed by atoms with van der Waals surface area (Å²) in [5.74, 6) is 2.68. The van der Waals surface area contributed by atoms with Crippen LogP contribution in [0.1, 0.15) is 30.0 Å². The number of para-hydroxylation sites is 1. The second kappa shape index (κ2) is 8.20. The lowest BCUT2D eigenvalue weighted by Crippen LogP contribution is -2.31. The first-order valence-corrected chi connectivity index (χ1v) is 8.86. The molecular formula is C21H21ClN2O. The Hall–Kier alpha value is -2.28. The summed E-state index contributed by atoms with van der Waals surface area (Å²) in [4.78, 5) is 14.5. The van der Waals surface area contributed by atoms with E-state index in [0.717, 1.165) is 12.8 Å². The molecule has 2 aromatic rings. The number of nitrogens with one attached hydrogen (secondary N) is 1. The number of aryl methyl sites for hydroxylation is 1. The number of benzene rings is 2. The molecule has 25 heavy (non-hydrogen) atoms. The van der Waals surface area contributed by atoms with Gasteiger partial charge in [0, 0.05) is 19.0 Å². The van der Waals surface area contributed by atoms with Gasteiger partial charge in [0.2, 0.25) is 5.91 Å². The van der Waals surface area contributed by atoms with E-state index in [-0.39, 0.29) is 5.91 Å². The zero-order valence-electron chi connectivity index (χ0n) is 14.0. The van der Waals surface area contributed by atoms with Crippen LogP contribution in [0.3, 0.4) is 0 Å². The number of carbonyl (C=O) groups excluding carboxylic acids is 1. The van der Waals surface area contributed by atoms with Gasteiger partial charge in [-0.1, -0.05) is 53.9 Å². The van der Waals surface area contributed by atoms with Crippen molar-refractivity contribution in [1.82, 2.24) is 4.90 Å². The number of carbonyl (C=O) groups is 1. The summed E-state index contributed by atoms with van der Waals surface area (Å²) in [5.41, 5.74) is 3.36. The number of fused-ring (bicyclic) bond motifs is 1. The van der Waals surface area contributed by atoms with Crippen LogP contribution >= 0.6 is 11.6 Å². The van der Waals surface area contributed by atoms with Gasteiger partial charge in [0.15, 0.2) is 0 Å². The zero-order valence-corrected chi connectivity index (χ0v) is 14.8. The molecule has 0 radical (unpaired) electrons. The van der Waals surface area contributed by atoms with E-state index in [1.807, 2.05) is 12.1 Å². The van der Waals surface area contributed by atoms with Crippen LogP contribution in [0, 0.1) is 12.3 Å². The van der Waals surface area contributed by atoms with Gasteiger partial charge in [-0.15, -0.1) is 6.42 Å². The summed E-state index contributed by atoms with van der Waals surface area (Å²) >= 11 is 6.09. The monoisotopic (exact) mass is 352 g/mol. The molecule has 4 heteroatoms. The van der Waals surface area contributed by atoms with Gasteiger partial charge >= 0.3 is 0 Å². The lowest BCUT2D eigenvalue weighted by atomic mass is 10.1. The predicted molar refractivity (Wildman–Crippen MR) is 103 cm³/mol. The second-order valence-electron chi connectivity index (χ2n) is 6.21. The van der Waals surface area contributed by atoms with E-state index in [1.165, 1.54) is 11.1 Å². The molecule has 0 fully saturated rings. The van der Waals surface area contributed by atoms with Gasteiger partial charge in [-0.3, -0.25) is 9.69 Å². The number of anilines is 1. The smallest absolute Gasteiger partial charge is 0.225 e. The van der Waals surface area contributed by atoms with E-state index >= 15 is 0 Å². The van der Waals surface area contributed by atoms with E-state index in [4.69, 9.17) is 18.0 Å². The van der Waals surface area contributed by atoms with Crippen molar-refractivity contribution in [3.8, 4) is 12.3 Å². The Balaban J connectivity index is 1.62. The Morgan fingerprint density at radius 3 is 2.80 bits per heavy atom. The van der Waals surface area contributed by atoms with Crippen LogP contribution < -0.4 is 5.32 Å². The van der Waals surface area contributed by atoms with Gasteiger partial charge < -0.3 is 5.32 Å². The first-order chi connectivity index (χ1) is 12.2. The normalized spacial score (nSPS) is 15.6. The minimum atomic E-state index is -0.0543. The molecule has 0 aliphatic heterocycles. The van der Waals surface area contributed by atoms with Crippen molar-refractivity contribution < 1.29 is 4.79 Å². The number of rotatable bonds is 6. The van der Waals surface area contributed by atoms with Crippen LogP contribution in [0.15, 0.2) is 48.5 Å². The summed E-state index contributed by atoms with van der Waals surface area (Å²) in [6, 6.07) is 16.0. The summed E-state index contributed by atoms with van der Waals surface area (Å²) in [5, 5.41) is 3.41. The van der Waals surface area contributed by atoms with Crippen LogP contribution in [0.4, 0.5) is 5.69 Å². The third-order valence-electron chi connectivity index (χ3n) is 4.61. The van der Waals surface area contributed by atoms with Crippen LogP contribution in [-0.4, -0.2) is 23.9 Å². The number of terminal acetylenes is 1. The minimum Gasteiger partial charge on any atom is -0.325 e. The molecule has 1 atom stereocenters. The lowest BCUT2D eigenvalue weighted by Gasteiger charge is -2.27. The number of halogens is 1. The quantitative estimate of drug-likeness (QED) is 0.786. The number of hydrogen-bond acceptors (Lipinski definition) is 2. The fourth-order valence-corrected chi connectivity index (χ4v) is 3.58. The molecule has 0 heterocycles. The van der Waals surface area contributed by atoms with Crippen molar-refractivity contribution in [2.75, 3.05) is 18.4 Å². The molecule has 1 unspecified atom stereocenters. The highest BCUT2D eigenvalue weighted by molar-refractivity contribution is 6.33. The van der Waals surface area contributed by atoms with Crippen LogP contribution in [0.25, 0.3) is 0 Å². The predicted octanol–water partition coefficient (Wildman–Crippen LogP) is 4.29. The Bertz CT molecular complexity index is 796. The maximum Gasteiger partial charge on any atom is 0.225 e. The van der Waals surface area contributed by atoms with Crippen molar-refractivity contribution in [2.45, 2.75) is 25.3 Å². The maximum atomic E-state index is 12.3. The average molecular weight is 353 g/mol. The maximum absolute atomic E-state index is 12.3. The first kappa shape index (κ1) is 17.5. The fraction of sp³-hybridized carbons (Fsp3) is 0.286. The van der Waals surface area contributed by atoms with Crippen LogP contribution in [0.2, 0.25) is 5.02 Å². The van der Waals surface area contributed by atoms with Crippen molar-refractivity contribution in [3.05, 3.63) is 64.7 Å². The van der Waals surface area contributed by atoms with Gasteiger partial charge in [0.05, 0.1) is 17.3 Å². The second-order valence-corrected chi connectivity index (χ2v) is 6.61. The molecular weight excluding hydrogens is 332 g/mol. The Kier molecular flexibility index (Phi) is 5.75. The van der Waals surface area contributed by atoms with Gasteiger partial charge in [-0.2, -0.15) is 0 Å². The summed E-state index contributed by atoms with van der Waals surface area (Å²) < 4.78 is 0. The Morgan fingerprint density at radius 1 is 1.24 bits per heavy atom. The molecule has 3 rings (SSSR count). The largest absolute Gasteiger partial charge is 0.325 e. The molecule has 0 spiro atoms. The molecule has 1 amide bonds. The first-order valence-electron chi connectivity index (χ1n) is 8.48. The highest BCUT2D eigenvalue weighted by Crippen LogP contribution is 2.35. The zero-order chi connectivity index (χ0) is 17.6. The van der Waals surface area contributed by atoms with E-state index < -0.39 is 0 Å². The van der Waals surface area contributed by atoms with Crippen molar-refractivity contribution >= 4 is 23.2 Å². The van der Waals surface area contributed by atoms with E-state index in [0.29, 0.717) is 36.3 Å². The molecule has 3 nitrogen and oxygen atoms in total. The molecule has 128 valence electrons. The van der Waals surface area contributed by atoms with Crippen LogP contribution in [-0.2, 0) is 11.2 Å². The number of amides is 1. The molecule has 1 N–H and O–H groups in total. The van der Waals surface area contributed by atoms with Gasteiger partial charge in [0.25, 0.3) is 0 Å². The third-order valence-corrected chi connectivity index (χ3v) is 4.94. The Labute approximate surface area is 154 Å². The summed E-state index contributed by atoms with van der Waals surface area (Å²) in [7, 11) is 0. The van der Waals surface area contributed by atoms with Crippen LogP contribution in [0.5, 0.6) is 0 Å². The number of hydrogen-bond donors (Lipinski definition) is 1. The summed E-state index contributed by atoms with van der Waals surface area (Å²) in [6.45, 7) is 1.16. The lowest BCUT2D eigenvalue weighted by molar-refractivity contribution is -0.116. The highest BCUT2D eigenvalue weighted by Gasteiger charge is 2.27. The average Bonchev–Trinajstić information content (AvgIpc) is 3.05. The van der Waals surface area contributed by atoms with Gasteiger partial charge in [-0.25, -0.2) is 0 Å². The van der Waals surface area contributed by atoms with Crippen molar-refractivity contribution in [2.24, 2.45) is 0 Å². The van der Waals surface area contributed by atoms with E-state index in [1.54, 1.807) is 12.1 Å². The SMILES string of the molecule is C#CCN(CCC(=O)Nc1ccccc1Cl)C1CCc2ccccc21. The molecule has 0 bridgehead atoms. The van der Waals surface area contributed by atoms with E-state index in [9.17, 15) is 4.79 Å². The van der Waals surface area contributed by atoms with Gasteiger partial charge in [-0.05, 0) is 36.1 Å². The summed E-state index contributed by atoms with van der Waals surface area (Å²) in [6.07, 6.45) is 8.05. The molecule has 2 aromatic carbocycles. The third kappa shape index (κ3) is 4.22. The van der Waals surface area contributed by atoms with Gasteiger partial charge in [0.1, 0.15) is 0 Å². The van der Waals surface area contributed by atoms with E-state index in [2.05, 4.69) is 40.4 Å². The standard InChI is InChI=1S/C21H21ClN2O/c1-2-14-24(20-12-11-16-7-3-4-8-17(16)20)15-13-21(25)23-19-10-6-5-9-18(19)22/h1,3-10,20H,11-15H2,(H,23,25). The highest BCUT2D eigenvalue weighted by atomic mass is 35.5. The number of nitrogens with zero attached hydrogens (tertiary/aromatic N) is 1. The van der Waals surface area contributed by atoms with Crippen molar-refractivity contribution in [3.63, 3.8) is 0 Å². The van der Waals surface area contributed by atoms with Crippen molar-refractivity contribution in [1.29, 1.82) is 0 Å².